The molecule has 1 unspecified atom stereocenters. The number of nitrogens with one attached hydrogen (secondary N) is 1. The Morgan fingerprint density at radius 3 is 2.78 bits per heavy atom. The van der Waals surface area contributed by atoms with Gasteiger partial charge in [-0.25, -0.2) is 0 Å². The van der Waals surface area contributed by atoms with Crippen molar-refractivity contribution in [3.8, 4) is 5.69 Å². The molecular weight excluding hydrogens is 232 g/mol. The molecule has 18 heavy (non-hydrogen) atoms. The molecule has 94 valence electrons. The molecule has 0 aliphatic heterocycles. The van der Waals surface area contributed by atoms with Crippen LogP contribution in [0.25, 0.3) is 5.69 Å². The number of carbonyl (C=O) groups excluding carboxylic acids is 1. The zero-order valence-corrected chi connectivity index (χ0v) is 10.2. The maximum atomic E-state index is 11.7. The van der Waals surface area contributed by atoms with E-state index in [1.54, 1.807) is 24.1 Å². The number of hydrogen-bond donors (Lipinski definition) is 1. The zero-order valence-electron chi connectivity index (χ0n) is 10.2. The fourth-order valence-corrected chi connectivity index (χ4v) is 1.43. The number of ether oxygens (including phenoxy) is 1. The quantitative estimate of drug-likeness (QED) is 0.881. The second-order valence-corrected chi connectivity index (χ2v) is 3.79. The molecule has 0 spiro atoms. The van der Waals surface area contributed by atoms with E-state index >= 15 is 0 Å². The van der Waals surface area contributed by atoms with Crippen LogP contribution in [-0.4, -0.2) is 33.9 Å². The molecule has 1 amide bonds. The highest BCUT2D eigenvalue weighted by molar-refractivity contribution is 5.94. The highest BCUT2D eigenvalue weighted by Crippen LogP contribution is 2.14. The van der Waals surface area contributed by atoms with Gasteiger partial charge in [0.05, 0.1) is 5.69 Å². The summed E-state index contributed by atoms with van der Waals surface area (Å²) in [6, 6.07) is 7.40. The molecule has 2 rings (SSSR count). The summed E-state index contributed by atoms with van der Waals surface area (Å²) in [6.07, 6.45) is 2.71. The molecule has 6 nitrogen and oxygen atoms in total. The van der Waals surface area contributed by atoms with Crippen molar-refractivity contribution in [2.24, 2.45) is 0 Å². The minimum absolute atomic E-state index is 0.182. The monoisotopic (exact) mass is 246 g/mol. The summed E-state index contributed by atoms with van der Waals surface area (Å²) >= 11 is 0. The number of methoxy groups -OCH3 is 1. The first-order valence-electron chi connectivity index (χ1n) is 5.49. The molecule has 1 aromatic heterocycles. The second kappa shape index (κ2) is 5.42. The lowest BCUT2D eigenvalue weighted by atomic mass is 10.2. The van der Waals surface area contributed by atoms with Crippen molar-refractivity contribution in [1.82, 2.24) is 14.8 Å². The third kappa shape index (κ3) is 2.72. The van der Waals surface area contributed by atoms with Gasteiger partial charge in [0, 0.05) is 12.8 Å². The summed E-state index contributed by atoms with van der Waals surface area (Å²) in [6.45, 7) is 1.69. The van der Waals surface area contributed by atoms with Crippen LogP contribution in [0.4, 0.5) is 5.69 Å². The predicted octanol–water partition coefficient (Wildman–Crippen LogP) is 1.24. The van der Waals surface area contributed by atoms with Gasteiger partial charge in [-0.1, -0.05) is 6.07 Å². The Morgan fingerprint density at radius 1 is 1.39 bits per heavy atom. The number of rotatable bonds is 4. The highest BCUT2D eigenvalue weighted by Gasteiger charge is 2.11. The minimum Gasteiger partial charge on any atom is -0.372 e. The van der Waals surface area contributed by atoms with Crippen LogP contribution >= 0.6 is 0 Å². The fourth-order valence-electron chi connectivity index (χ4n) is 1.43. The maximum Gasteiger partial charge on any atom is 0.253 e. The van der Waals surface area contributed by atoms with Crippen LogP contribution in [0.15, 0.2) is 36.9 Å². The molecule has 1 heterocycles. The Labute approximate surface area is 105 Å². The third-order valence-electron chi connectivity index (χ3n) is 2.55. The standard InChI is InChI=1S/C12H14N4O2/c1-9(18-2)12(17)15-10-4-3-5-11(6-10)16-7-13-14-8-16/h3-9H,1-2H3,(H,15,17). The average Bonchev–Trinajstić information content (AvgIpc) is 2.92. The minimum atomic E-state index is -0.483. The molecule has 1 atom stereocenters. The topological polar surface area (TPSA) is 69.0 Å². The Bertz CT molecular complexity index is 525. The average molecular weight is 246 g/mol. The first-order chi connectivity index (χ1) is 8.70. The van der Waals surface area contributed by atoms with Gasteiger partial charge in [-0.15, -0.1) is 10.2 Å². The summed E-state index contributed by atoms with van der Waals surface area (Å²) in [4.78, 5) is 11.7. The molecule has 0 radical (unpaired) electrons. The van der Waals surface area contributed by atoms with E-state index in [9.17, 15) is 4.79 Å². The van der Waals surface area contributed by atoms with Crippen molar-refractivity contribution in [3.63, 3.8) is 0 Å². The first kappa shape index (κ1) is 12.3. The Morgan fingerprint density at radius 2 is 2.11 bits per heavy atom. The van der Waals surface area contributed by atoms with E-state index < -0.39 is 6.10 Å². The number of nitrogens with zero attached hydrogens (tertiary/aromatic N) is 3. The van der Waals surface area contributed by atoms with Gasteiger partial charge in [-0.05, 0) is 25.1 Å². The number of anilines is 1. The van der Waals surface area contributed by atoms with Gasteiger partial charge >= 0.3 is 0 Å². The SMILES string of the molecule is COC(C)C(=O)Nc1cccc(-n2cnnc2)c1. The summed E-state index contributed by atoms with van der Waals surface area (Å²) < 4.78 is 6.71. The van der Waals surface area contributed by atoms with E-state index in [0.717, 1.165) is 5.69 Å². The molecule has 0 bridgehead atoms. The third-order valence-corrected chi connectivity index (χ3v) is 2.55. The lowest BCUT2D eigenvalue weighted by molar-refractivity contribution is -0.124. The molecule has 0 fully saturated rings. The molecule has 2 aromatic rings. The van der Waals surface area contributed by atoms with Gasteiger partial charge in [-0.3, -0.25) is 9.36 Å². The van der Waals surface area contributed by atoms with Crippen LogP contribution in [0.5, 0.6) is 0 Å². The molecule has 0 aliphatic carbocycles. The molecule has 1 N–H and O–H groups in total. The van der Waals surface area contributed by atoms with Crippen LogP contribution in [0, 0.1) is 0 Å². The molecule has 0 saturated carbocycles. The van der Waals surface area contributed by atoms with Crippen molar-refractivity contribution >= 4 is 11.6 Å². The van der Waals surface area contributed by atoms with E-state index in [1.165, 1.54) is 7.11 Å². The van der Waals surface area contributed by atoms with E-state index in [-0.39, 0.29) is 5.91 Å². The zero-order chi connectivity index (χ0) is 13.0. The van der Waals surface area contributed by atoms with Gasteiger partial charge in [-0.2, -0.15) is 0 Å². The summed E-state index contributed by atoms with van der Waals surface area (Å²) in [5.41, 5.74) is 1.58. The van der Waals surface area contributed by atoms with Crippen LogP contribution in [-0.2, 0) is 9.53 Å². The molecule has 0 aliphatic rings. The van der Waals surface area contributed by atoms with Crippen molar-refractivity contribution in [1.29, 1.82) is 0 Å². The number of hydrogen-bond acceptors (Lipinski definition) is 4. The Kier molecular flexibility index (Phi) is 3.69. The number of amides is 1. The van der Waals surface area contributed by atoms with Crippen molar-refractivity contribution in [3.05, 3.63) is 36.9 Å². The van der Waals surface area contributed by atoms with Crippen molar-refractivity contribution in [2.45, 2.75) is 13.0 Å². The van der Waals surface area contributed by atoms with E-state index in [4.69, 9.17) is 4.74 Å². The van der Waals surface area contributed by atoms with E-state index in [0.29, 0.717) is 5.69 Å². The fraction of sp³-hybridized carbons (Fsp3) is 0.250. The summed E-state index contributed by atoms with van der Waals surface area (Å²) in [5, 5.41) is 10.2. The predicted molar refractivity (Wildman–Crippen MR) is 66.5 cm³/mol. The number of aromatic nitrogens is 3. The van der Waals surface area contributed by atoms with E-state index in [2.05, 4.69) is 15.5 Å². The number of carbonyl (C=O) groups is 1. The van der Waals surface area contributed by atoms with Crippen LogP contribution in [0.1, 0.15) is 6.92 Å². The number of benzene rings is 1. The van der Waals surface area contributed by atoms with Gasteiger partial charge in [0.25, 0.3) is 5.91 Å². The van der Waals surface area contributed by atoms with Gasteiger partial charge in [0.1, 0.15) is 18.8 Å². The Balaban J connectivity index is 2.16. The molecule has 0 saturated heterocycles. The smallest absolute Gasteiger partial charge is 0.253 e. The maximum absolute atomic E-state index is 11.7. The lowest BCUT2D eigenvalue weighted by Gasteiger charge is -2.11. The molecular formula is C12H14N4O2. The largest absolute Gasteiger partial charge is 0.372 e. The normalized spacial score (nSPS) is 12.1. The lowest BCUT2D eigenvalue weighted by Crippen LogP contribution is -2.26. The van der Waals surface area contributed by atoms with Gasteiger partial charge in [0.2, 0.25) is 0 Å². The van der Waals surface area contributed by atoms with Gasteiger partial charge < -0.3 is 10.1 Å². The first-order valence-corrected chi connectivity index (χ1v) is 5.49. The summed E-state index contributed by atoms with van der Waals surface area (Å²) in [5.74, 6) is -0.182. The molecule has 6 heteroatoms. The van der Waals surface area contributed by atoms with Crippen LogP contribution in [0.3, 0.4) is 0 Å². The summed E-state index contributed by atoms with van der Waals surface area (Å²) in [7, 11) is 1.50. The van der Waals surface area contributed by atoms with Crippen molar-refractivity contribution < 1.29 is 9.53 Å². The van der Waals surface area contributed by atoms with Gasteiger partial charge in [0.15, 0.2) is 0 Å². The van der Waals surface area contributed by atoms with Crippen LogP contribution < -0.4 is 5.32 Å². The van der Waals surface area contributed by atoms with E-state index in [1.807, 2.05) is 24.3 Å². The molecule has 1 aromatic carbocycles. The Hall–Kier alpha value is -2.21. The van der Waals surface area contributed by atoms with Crippen molar-refractivity contribution in [2.75, 3.05) is 12.4 Å². The highest BCUT2D eigenvalue weighted by atomic mass is 16.5. The second-order valence-electron chi connectivity index (χ2n) is 3.79. The van der Waals surface area contributed by atoms with Crippen LogP contribution in [0.2, 0.25) is 0 Å².